The Bertz CT molecular complexity index is 863. The first kappa shape index (κ1) is 23.6. The van der Waals surface area contributed by atoms with Crippen molar-refractivity contribution in [3.63, 3.8) is 0 Å². The van der Waals surface area contributed by atoms with Gasteiger partial charge in [-0.3, -0.25) is 4.79 Å². The van der Waals surface area contributed by atoms with Gasteiger partial charge in [0, 0.05) is 23.6 Å². The minimum Gasteiger partial charge on any atom is -0.493 e. The van der Waals surface area contributed by atoms with Crippen LogP contribution in [-0.4, -0.2) is 72.7 Å². The zero-order valence-corrected chi connectivity index (χ0v) is 19.8. The molecule has 2 amide bonds. The summed E-state index contributed by atoms with van der Waals surface area (Å²) in [5, 5.41) is 11.6. The zero-order valence-electron chi connectivity index (χ0n) is 18.1. The van der Waals surface area contributed by atoms with Crippen LogP contribution in [0.5, 0.6) is 11.5 Å². The Hall–Kier alpha value is -2.04. The molecule has 0 saturated carbocycles. The summed E-state index contributed by atoms with van der Waals surface area (Å²) in [6, 6.07) is 2.45. The lowest BCUT2D eigenvalue weighted by molar-refractivity contribution is 0.0493. The quantitative estimate of drug-likeness (QED) is 0.369. The molecule has 0 radical (unpaired) electrons. The molecular weight excluding hydrogens is 440 g/mol. The van der Waals surface area contributed by atoms with Gasteiger partial charge in [-0.05, 0) is 12.5 Å². The number of hydrogen-bond acceptors (Lipinski definition) is 8. The van der Waals surface area contributed by atoms with Crippen molar-refractivity contribution in [1.82, 2.24) is 4.90 Å². The number of anilines is 1. The minimum atomic E-state index is -1.28. The first-order valence-electron chi connectivity index (χ1n) is 9.94. The van der Waals surface area contributed by atoms with Crippen LogP contribution in [0.25, 0.3) is 0 Å². The third kappa shape index (κ3) is 4.91. The second kappa shape index (κ2) is 10.1. The Labute approximate surface area is 190 Å². The Morgan fingerprint density at radius 3 is 2.61 bits per heavy atom. The number of rotatable bonds is 7. The van der Waals surface area contributed by atoms with Gasteiger partial charge >= 0.3 is 6.09 Å². The molecule has 2 aliphatic rings. The molecule has 0 spiro atoms. The van der Waals surface area contributed by atoms with Gasteiger partial charge in [-0.2, -0.15) is 0 Å². The molecule has 2 aliphatic heterocycles. The van der Waals surface area contributed by atoms with Crippen molar-refractivity contribution in [2.75, 3.05) is 38.0 Å². The van der Waals surface area contributed by atoms with Gasteiger partial charge < -0.3 is 24.2 Å². The van der Waals surface area contributed by atoms with E-state index in [1.807, 2.05) is 0 Å². The number of aliphatic hydroxyl groups excluding tert-OH is 1. The maximum Gasteiger partial charge on any atom is 0.416 e. The first-order valence-corrected chi connectivity index (χ1v) is 12.3. The second-order valence-electron chi connectivity index (χ2n) is 7.54. The van der Waals surface area contributed by atoms with Crippen LogP contribution in [0.3, 0.4) is 0 Å². The van der Waals surface area contributed by atoms with Crippen molar-refractivity contribution in [2.45, 2.75) is 37.8 Å². The molecule has 1 saturated heterocycles. The van der Waals surface area contributed by atoms with Gasteiger partial charge in [0.1, 0.15) is 6.61 Å². The highest BCUT2D eigenvalue weighted by Crippen LogP contribution is 2.41. The summed E-state index contributed by atoms with van der Waals surface area (Å²) in [5.41, 5.74) is 1.27. The predicted molar refractivity (Wildman–Crippen MR) is 123 cm³/mol. The summed E-state index contributed by atoms with van der Waals surface area (Å²) < 4.78 is 16.2. The molecule has 31 heavy (non-hydrogen) atoms. The number of carbonyl (C=O) groups excluding carboxylic acids is 2. The minimum absolute atomic E-state index is 0.185. The van der Waals surface area contributed by atoms with E-state index in [1.165, 1.54) is 26.4 Å². The summed E-state index contributed by atoms with van der Waals surface area (Å²) in [6.45, 7) is 8.65. The van der Waals surface area contributed by atoms with E-state index in [4.69, 9.17) is 14.2 Å². The van der Waals surface area contributed by atoms with Gasteiger partial charge in [0.15, 0.2) is 17.7 Å². The second-order valence-corrected chi connectivity index (χ2v) is 10.6. The molecule has 0 bridgehead atoms. The lowest BCUT2D eigenvalue weighted by Gasteiger charge is -2.31. The molecule has 1 aromatic carbocycles. The highest BCUT2D eigenvalue weighted by atomic mass is 33.1. The van der Waals surface area contributed by atoms with Gasteiger partial charge in [0.2, 0.25) is 0 Å². The molecular formula is C21H28N2O6S2. The molecule has 2 heterocycles. The normalized spacial score (nSPS) is 20.5. The predicted octanol–water partition coefficient (Wildman–Crippen LogP) is 3.54. The zero-order chi connectivity index (χ0) is 22.7. The lowest BCUT2D eigenvalue weighted by Crippen LogP contribution is -2.51. The van der Waals surface area contributed by atoms with Crippen LogP contribution < -0.4 is 14.4 Å². The van der Waals surface area contributed by atoms with Crippen LogP contribution in [0.4, 0.5) is 10.5 Å². The van der Waals surface area contributed by atoms with Crippen LogP contribution in [0, 0.1) is 0 Å². The first-order chi connectivity index (χ1) is 14.8. The van der Waals surface area contributed by atoms with Crippen molar-refractivity contribution < 1.29 is 28.9 Å². The Morgan fingerprint density at radius 2 is 1.97 bits per heavy atom. The Balaban J connectivity index is 1.94. The van der Waals surface area contributed by atoms with E-state index in [-0.39, 0.29) is 23.8 Å². The summed E-state index contributed by atoms with van der Waals surface area (Å²) in [7, 11) is 6.26. The highest BCUT2D eigenvalue weighted by molar-refractivity contribution is 8.76. The third-order valence-corrected chi connectivity index (χ3v) is 7.92. The standard InChI is InChI=1S/C21H28N2O6S2/c1-12(2)31-30-7-6-29-21(26)23-15-10-18(28-5)17(27-4)9-14(15)19(24)22-11-13(3)8-16(22)20(23)25/h9-10,12,16,20,25H,3,6-8,11H2,1-2,4-5H3/t16-,20?/m0/s1. The molecule has 0 aromatic heterocycles. The van der Waals surface area contributed by atoms with E-state index in [9.17, 15) is 14.7 Å². The van der Waals surface area contributed by atoms with Gasteiger partial charge in [-0.25, -0.2) is 9.69 Å². The average molecular weight is 469 g/mol. The summed E-state index contributed by atoms with van der Waals surface area (Å²) in [6.07, 6.45) is -1.60. The number of amides is 2. The summed E-state index contributed by atoms with van der Waals surface area (Å²) in [4.78, 5) is 29.0. The molecule has 170 valence electrons. The van der Waals surface area contributed by atoms with E-state index >= 15 is 0 Å². The smallest absolute Gasteiger partial charge is 0.416 e. The average Bonchev–Trinajstić information content (AvgIpc) is 3.11. The topological polar surface area (TPSA) is 88.5 Å². The van der Waals surface area contributed by atoms with Crippen LogP contribution >= 0.6 is 21.6 Å². The number of methoxy groups -OCH3 is 2. The molecule has 10 heteroatoms. The fraction of sp³-hybridized carbons (Fsp3) is 0.524. The molecule has 8 nitrogen and oxygen atoms in total. The van der Waals surface area contributed by atoms with Crippen molar-refractivity contribution in [3.05, 3.63) is 29.8 Å². The number of aliphatic hydroxyl groups is 1. The van der Waals surface area contributed by atoms with E-state index in [0.717, 1.165) is 10.5 Å². The maximum absolute atomic E-state index is 13.3. The SMILES string of the molecule is C=C1C[C@H]2C(O)N(C(=O)OCCSSC(C)C)c3cc(OC)c(OC)cc3C(=O)N2C1. The number of benzene rings is 1. The van der Waals surface area contributed by atoms with Gasteiger partial charge in [0.25, 0.3) is 5.91 Å². The molecule has 1 N–H and O–H groups in total. The fourth-order valence-electron chi connectivity index (χ4n) is 3.65. The Kier molecular flexibility index (Phi) is 7.66. The largest absolute Gasteiger partial charge is 0.493 e. The maximum atomic E-state index is 13.3. The molecule has 3 rings (SSSR count). The number of carbonyl (C=O) groups is 2. The number of fused-ring (bicyclic) bond motifs is 2. The van der Waals surface area contributed by atoms with Gasteiger partial charge in [-0.15, -0.1) is 0 Å². The van der Waals surface area contributed by atoms with Crippen molar-refractivity contribution in [2.24, 2.45) is 0 Å². The fourth-order valence-corrected chi connectivity index (χ4v) is 5.48. The molecule has 0 aliphatic carbocycles. The number of nitrogens with zero attached hydrogens (tertiary/aromatic N) is 2. The molecule has 1 fully saturated rings. The molecule has 2 atom stereocenters. The van der Waals surface area contributed by atoms with E-state index in [2.05, 4.69) is 20.4 Å². The van der Waals surface area contributed by atoms with E-state index in [1.54, 1.807) is 26.5 Å². The third-order valence-electron chi connectivity index (χ3n) is 5.00. The highest BCUT2D eigenvalue weighted by Gasteiger charge is 2.46. The molecule has 1 unspecified atom stereocenters. The summed E-state index contributed by atoms with van der Waals surface area (Å²) >= 11 is 0. The van der Waals surface area contributed by atoms with E-state index in [0.29, 0.717) is 35.5 Å². The summed E-state index contributed by atoms with van der Waals surface area (Å²) in [5.74, 6) is 1.01. The van der Waals surface area contributed by atoms with Crippen LogP contribution in [0.2, 0.25) is 0 Å². The van der Waals surface area contributed by atoms with Crippen molar-refractivity contribution in [3.8, 4) is 11.5 Å². The van der Waals surface area contributed by atoms with Crippen LogP contribution in [0.15, 0.2) is 24.3 Å². The monoisotopic (exact) mass is 468 g/mol. The Morgan fingerprint density at radius 1 is 1.29 bits per heavy atom. The van der Waals surface area contributed by atoms with Crippen LogP contribution in [-0.2, 0) is 4.74 Å². The molecule has 1 aromatic rings. The van der Waals surface area contributed by atoms with Crippen molar-refractivity contribution >= 4 is 39.3 Å². The van der Waals surface area contributed by atoms with Gasteiger partial charge in [0.05, 0.1) is 31.5 Å². The van der Waals surface area contributed by atoms with Crippen molar-refractivity contribution in [1.29, 1.82) is 0 Å². The van der Waals surface area contributed by atoms with Crippen LogP contribution in [0.1, 0.15) is 30.6 Å². The van der Waals surface area contributed by atoms with Gasteiger partial charge in [-0.1, -0.05) is 47.6 Å². The number of hydrogen-bond donors (Lipinski definition) is 1. The van der Waals surface area contributed by atoms with E-state index < -0.39 is 18.4 Å². The lowest BCUT2D eigenvalue weighted by atomic mass is 10.1. The number of ether oxygens (including phenoxy) is 3.